The van der Waals surface area contributed by atoms with Crippen LogP contribution < -0.4 is 0 Å². The van der Waals surface area contributed by atoms with Crippen molar-refractivity contribution in [2.75, 3.05) is 13.1 Å². The molecule has 0 aromatic carbocycles. The lowest BCUT2D eigenvalue weighted by atomic mass is 10.0. The first-order valence-electron chi connectivity index (χ1n) is 10.3. The first-order valence-corrected chi connectivity index (χ1v) is 10.3. The molecular weight excluding hydrogens is 282 g/mol. The van der Waals surface area contributed by atoms with Gasteiger partial charge >= 0.3 is 0 Å². The zero-order valence-electron chi connectivity index (χ0n) is 15.5. The molecular formula is C21H39NO. The number of unbranched alkanes of at least 4 members (excludes halogenated alkanes) is 13. The third-order valence-corrected chi connectivity index (χ3v) is 4.90. The minimum absolute atomic E-state index is 0.214. The Balaban J connectivity index is 1.73. The topological polar surface area (TPSA) is 20.3 Å². The number of allylic oxidation sites excluding steroid dienone is 1. The quantitative estimate of drug-likeness (QED) is 0.257. The fourth-order valence-electron chi connectivity index (χ4n) is 3.11. The molecule has 0 aliphatic carbocycles. The molecule has 0 atom stereocenters. The van der Waals surface area contributed by atoms with Gasteiger partial charge in [0.1, 0.15) is 0 Å². The maximum absolute atomic E-state index is 11.6. The average Bonchev–Trinajstić information content (AvgIpc) is 2.49. The highest BCUT2D eigenvalue weighted by atomic mass is 16.2. The summed E-state index contributed by atoms with van der Waals surface area (Å²) in [4.78, 5) is 13.5. The van der Waals surface area contributed by atoms with Gasteiger partial charge in [-0.2, -0.15) is 0 Å². The van der Waals surface area contributed by atoms with Crippen LogP contribution in [0.4, 0.5) is 0 Å². The number of nitrogens with zero attached hydrogens (tertiary/aromatic N) is 1. The summed E-state index contributed by atoms with van der Waals surface area (Å²) in [5, 5.41) is 0. The molecule has 0 bridgehead atoms. The molecule has 2 nitrogen and oxygen atoms in total. The molecule has 0 N–H and O–H groups in total. The van der Waals surface area contributed by atoms with E-state index < -0.39 is 0 Å². The Kier molecular flexibility index (Phi) is 13.0. The molecule has 1 heterocycles. The Bertz CT molecular complexity index is 307. The molecule has 1 aliphatic rings. The fraction of sp³-hybridized carbons (Fsp3) is 0.857. The van der Waals surface area contributed by atoms with Crippen LogP contribution in [-0.2, 0) is 4.79 Å². The van der Waals surface area contributed by atoms with Crippen molar-refractivity contribution in [3.63, 3.8) is 0 Å². The van der Waals surface area contributed by atoms with E-state index in [4.69, 9.17) is 0 Å². The van der Waals surface area contributed by atoms with Crippen LogP contribution in [0.15, 0.2) is 12.2 Å². The van der Waals surface area contributed by atoms with Crippen LogP contribution in [-0.4, -0.2) is 23.9 Å². The zero-order valence-corrected chi connectivity index (χ0v) is 15.5. The van der Waals surface area contributed by atoms with Crippen LogP contribution >= 0.6 is 0 Å². The van der Waals surface area contributed by atoms with E-state index in [-0.39, 0.29) is 5.91 Å². The van der Waals surface area contributed by atoms with Crippen molar-refractivity contribution in [2.24, 2.45) is 0 Å². The fourth-order valence-corrected chi connectivity index (χ4v) is 3.11. The lowest BCUT2D eigenvalue weighted by molar-refractivity contribution is -0.129. The number of amides is 1. The Labute approximate surface area is 144 Å². The van der Waals surface area contributed by atoms with Gasteiger partial charge in [-0.1, -0.05) is 90.0 Å². The monoisotopic (exact) mass is 321 g/mol. The molecule has 1 rings (SSSR count). The molecule has 0 radical (unpaired) electrons. The summed E-state index contributed by atoms with van der Waals surface area (Å²) in [6.07, 6.45) is 24.2. The van der Waals surface area contributed by atoms with Gasteiger partial charge in [-0.15, -0.1) is 0 Å². The second-order valence-corrected chi connectivity index (χ2v) is 7.11. The Morgan fingerprint density at radius 2 is 1.26 bits per heavy atom. The first-order chi connectivity index (χ1) is 11.3. The van der Waals surface area contributed by atoms with Crippen molar-refractivity contribution in [3.05, 3.63) is 12.2 Å². The van der Waals surface area contributed by atoms with Gasteiger partial charge in [0.15, 0.2) is 0 Å². The Hall–Kier alpha value is -0.790. The molecule has 134 valence electrons. The first kappa shape index (κ1) is 20.3. The molecule has 0 saturated carbocycles. The summed E-state index contributed by atoms with van der Waals surface area (Å²) in [5.41, 5.74) is 0. The van der Waals surface area contributed by atoms with Crippen LogP contribution in [0.25, 0.3) is 0 Å². The van der Waals surface area contributed by atoms with Crippen LogP contribution in [0.5, 0.6) is 0 Å². The molecule has 0 spiro atoms. The summed E-state index contributed by atoms with van der Waals surface area (Å²) in [6, 6.07) is 0. The lowest BCUT2D eigenvalue weighted by Gasteiger charge is -2.29. The maximum Gasteiger partial charge on any atom is 0.246 e. The Morgan fingerprint density at radius 1 is 0.783 bits per heavy atom. The van der Waals surface area contributed by atoms with Crippen LogP contribution in [0, 0.1) is 0 Å². The summed E-state index contributed by atoms with van der Waals surface area (Å²) in [5.74, 6) is 0.214. The minimum Gasteiger partial charge on any atom is -0.339 e. The highest BCUT2D eigenvalue weighted by Crippen LogP contribution is 2.13. The number of rotatable bonds is 15. The van der Waals surface area contributed by atoms with Crippen molar-refractivity contribution in [1.29, 1.82) is 0 Å². The number of carbonyl (C=O) groups is 1. The van der Waals surface area contributed by atoms with Gasteiger partial charge in [-0.05, 0) is 25.3 Å². The van der Waals surface area contributed by atoms with Gasteiger partial charge in [0.2, 0.25) is 5.91 Å². The molecule has 1 amide bonds. The van der Waals surface area contributed by atoms with Gasteiger partial charge in [-0.25, -0.2) is 0 Å². The van der Waals surface area contributed by atoms with E-state index >= 15 is 0 Å². The lowest BCUT2D eigenvalue weighted by Crippen LogP contribution is -2.41. The van der Waals surface area contributed by atoms with Crippen molar-refractivity contribution >= 4 is 5.91 Å². The van der Waals surface area contributed by atoms with Crippen LogP contribution in [0.1, 0.15) is 103 Å². The molecule has 1 saturated heterocycles. The number of hydrogen-bond donors (Lipinski definition) is 0. The SMILES string of the molecule is CCCCCCCCCCCCCCC/C=C/C(=O)N1CCC1. The predicted molar refractivity (Wildman–Crippen MR) is 101 cm³/mol. The largest absolute Gasteiger partial charge is 0.339 e. The molecule has 23 heavy (non-hydrogen) atoms. The standard InChI is InChI=1S/C21H39NO/c1-2-3-4-5-6-7-8-9-10-11-12-13-14-15-16-18-21(23)22-19-17-20-22/h16,18H,2-15,17,19-20H2,1H3/b18-16+. The molecule has 1 aliphatic heterocycles. The second kappa shape index (κ2) is 14.8. The van der Waals surface area contributed by atoms with Gasteiger partial charge in [0.25, 0.3) is 0 Å². The van der Waals surface area contributed by atoms with Crippen molar-refractivity contribution in [2.45, 2.75) is 103 Å². The van der Waals surface area contributed by atoms with Gasteiger partial charge in [-0.3, -0.25) is 4.79 Å². The van der Waals surface area contributed by atoms with E-state index in [2.05, 4.69) is 13.0 Å². The van der Waals surface area contributed by atoms with E-state index in [1.54, 1.807) is 6.08 Å². The van der Waals surface area contributed by atoms with E-state index in [1.807, 2.05) is 4.90 Å². The second-order valence-electron chi connectivity index (χ2n) is 7.11. The van der Waals surface area contributed by atoms with Crippen molar-refractivity contribution < 1.29 is 4.79 Å². The normalized spacial score (nSPS) is 14.4. The predicted octanol–water partition coefficient (Wildman–Crippen LogP) is 6.26. The molecule has 1 fully saturated rings. The third kappa shape index (κ3) is 11.4. The van der Waals surface area contributed by atoms with E-state index in [1.165, 1.54) is 89.9 Å². The Morgan fingerprint density at radius 3 is 1.70 bits per heavy atom. The number of hydrogen-bond acceptors (Lipinski definition) is 1. The maximum atomic E-state index is 11.6. The van der Waals surface area contributed by atoms with E-state index in [9.17, 15) is 4.79 Å². The van der Waals surface area contributed by atoms with Crippen LogP contribution in [0.3, 0.4) is 0 Å². The molecule has 0 unspecified atom stereocenters. The summed E-state index contributed by atoms with van der Waals surface area (Å²) in [6.45, 7) is 4.20. The average molecular weight is 322 g/mol. The molecule has 0 aromatic heterocycles. The summed E-state index contributed by atoms with van der Waals surface area (Å²) in [7, 11) is 0. The number of carbonyl (C=O) groups excluding carboxylic acids is 1. The van der Waals surface area contributed by atoms with Crippen LogP contribution in [0.2, 0.25) is 0 Å². The smallest absolute Gasteiger partial charge is 0.246 e. The third-order valence-electron chi connectivity index (χ3n) is 4.90. The van der Waals surface area contributed by atoms with Gasteiger partial charge in [0, 0.05) is 13.1 Å². The number of likely N-dealkylation sites (tertiary alicyclic amines) is 1. The zero-order chi connectivity index (χ0) is 16.6. The van der Waals surface area contributed by atoms with Gasteiger partial charge < -0.3 is 4.90 Å². The highest BCUT2D eigenvalue weighted by molar-refractivity contribution is 5.88. The van der Waals surface area contributed by atoms with E-state index in [0.717, 1.165) is 19.5 Å². The minimum atomic E-state index is 0.214. The van der Waals surface area contributed by atoms with E-state index in [0.29, 0.717) is 0 Å². The van der Waals surface area contributed by atoms with Crippen molar-refractivity contribution in [3.8, 4) is 0 Å². The summed E-state index contributed by atoms with van der Waals surface area (Å²) < 4.78 is 0. The highest BCUT2D eigenvalue weighted by Gasteiger charge is 2.16. The summed E-state index contributed by atoms with van der Waals surface area (Å²) >= 11 is 0. The molecule has 2 heteroatoms. The van der Waals surface area contributed by atoms with Crippen molar-refractivity contribution in [1.82, 2.24) is 4.90 Å². The van der Waals surface area contributed by atoms with Gasteiger partial charge in [0.05, 0.1) is 0 Å². The molecule has 0 aromatic rings.